The molecule has 16 heavy (non-hydrogen) atoms. The first-order valence-corrected chi connectivity index (χ1v) is 5.13. The number of hydrogen-bond acceptors (Lipinski definition) is 2. The number of carbonyl (C=O) groups is 1. The van der Waals surface area contributed by atoms with Gasteiger partial charge in [-0.3, -0.25) is 0 Å². The molecule has 0 unspecified atom stereocenters. The molecule has 0 heterocycles. The Morgan fingerprint density at radius 3 is 2.50 bits per heavy atom. The fraction of sp³-hybridized carbons (Fsp3) is 0.0714. The zero-order chi connectivity index (χ0) is 11.2. The summed E-state index contributed by atoms with van der Waals surface area (Å²) in [6.07, 6.45) is 10.3. The highest BCUT2D eigenvalue weighted by Gasteiger charge is 2.07. The summed E-state index contributed by atoms with van der Waals surface area (Å²) in [5, 5.41) is 0. The lowest BCUT2D eigenvalue weighted by Crippen LogP contribution is -2.09. The molecule has 0 N–H and O–H groups in total. The van der Waals surface area contributed by atoms with Gasteiger partial charge < -0.3 is 4.74 Å². The van der Waals surface area contributed by atoms with Gasteiger partial charge in [-0.1, -0.05) is 42.5 Å². The highest BCUT2D eigenvalue weighted by molar-refractivity contribution is 5.87. The number of benzene rings is 1. The van der Waals surface area contributed by atoms with Crippen LogP contribution in [0.5, 0.6) is 0 Å². The molecule has 0 bridgehead atoms. The summed E-state index contributed by atoms with van der Waals surface area (Å²) < 4.78 is 5.13. The minimum Gasteiger partial charge on any atom is -0.451 e. The summed E-state index contributed by atoms with van der Waals surface area (Å²) >= 11 is 0. The van der Waals surface area contributed by atoms with Crippen molar-refractivity contribution in [3.63, 3.8) is 0 Å². The average Bonchev–Trinajstić information content (AvgIpc) is 2.81. The van der Waals surface area contributed by atoms with Crippen molar-refractivity contribution in [2.75, 3.05) is 0 Å². The van der Waals surface area contributed by atoms with E-state index in [9.17, 15) is 4.79 Å². The quantitative estimate of drug-likeness (QED) is 0.569. The van der Waals surface area contributed by atoms with E-state index in [4.69, 9.17) is 4.74 Å². The third-order valence-corrected chi connectivity index (χ3v) is 2.18. The van der Waals surface area contributed by atoms with E-state index in [0.717, 1.165) is 5.56 Å². The van der Waals surface area contributed by atoms with Crippen molar-refractivity contribution in [1.29, 1.82) is 0 Å². The summed E-state index contributed by atoms with van der Waals surface area (Å²) in [4.78, 5) is 11.4. The fourth-order valence-electron chi connectivity index (χ4n) is 1.39. The van der Waals surface area contributed by atoms with Crippen LogP contribution in [-0.2, 0) is 9.53 Å². The molecule has 2 nitrogen and oxygen atoms in total. The molecule has 0 spiro atoms. The Morgan fingerprint density at radius 2 is 1.81 bits per heavy atom. The van der Waals surface area contributed by atoms with Crippen LogP contribution in [0.15, 0.2) is 60.7 Å². The minimum atomic E-state index is -0.329. The summed E-state index contributed by atoms with van der Waals surface area (Å²) in [6.45, 7) is 0. The molecule has 2 heteroatoms. The van der Waals surface area contributed by atoms with Gasteiger partial charge in [0.2, 0.25) is 0 Å². The highest BCUT2D eigenvalue weighted by atomic mass is 16.5. The monoisotopic (exact) mass is 212 g/mol. The predicted octanol–water partition coefficient (Wildman–Crippen LogP) is 2.74. The second-order valence-corrected chi connectivity index (χ2v) is 3.42. The molecule has 0 radical (unpaired) electrons. The van der Waals surface area contributed by atoms with Crippen LogP contribution < -0.4 is 0 Å². The van der Waals surface area contributed by atoms with E-state index in [1.165, 1.54) is 6.08 Å². The molecule has 2 rings (SSSR count). The number of ether oxygens (including phenoxy) is 1. The molecule has 1 aromatic rings. The van der Waals surface area contributed by atoms with Crippen molar-refractivity contribution in [3.8, 4) is 0 Å². The van der Waals surface area contributed by atoms with E-state index >= 15 is 0 Å². The van der Waals surface area contributed by atoms with E-state index in [1.54, 1.807) is 6.08 Å². The zero-order valence-corrected chi connectivity index (χ0v) is 8.74. The Morgan fingerprint density at radius 1 is 1.12 bits per heavy atom. The molecule has 0 aliphatic heterocycles. The third kappa shape index (κ3) is 2.95. The van der Waals surface area contributed by atoms with Gasteiger partial charge in [0.05, 0.1) is 0 Å². The lowest BCUT2D eigenvalue weighted by atomic mass is 10.2. The molecule has 80 valence electrons. The summed E-state index contributed by atoms with van der Waals surface area (Å²) in [5.41, 5.74) is 0.983. The molecule has 0 saturated carbocycles. The molecule has 1 aromatic carbocycles. The normalized spacial score (nSPS) is 14.8. The van der Waals surface area contributed by atoms with Gasteiger partial charge in [0.15, 0.2) is 0 Å². The topological polar surface area (TPSA) is 26.3 Å². The predicted molar refractivity (Wildman–Crippen MR) is 63.6 cm³/mol. The van der Waals surface area contributed by atoms with E-state index in [1.807, 2.05) is 54.6 Å². The second-order valence-electron chi connectivity index (χ2n) is 3.42. The minimum absolute atomic E-state index is 0.215. The molecule has 0 fully saturated rings. The van der Waals surface area contributed by atoms with Crippen LogP contribution in [0.25, 0.3) is 6.08 Å². The zero-order valence-electron chi connectivity index (χ0n) is 8.74. The summed E-state index contributed by atoms with van der Waals surface area (Å²) in [6, 6.07) is 9.64. The average molecular weight is 212 g/mol. The highest BCUT2D eigenvalue weighted by Crippen LogP contribution is 2.06. The van der Waals surface area contributed by atoms with E-state index in [-0.39, 0.29) is 12.1 Å². The van der Waals surface area contributed by atoms with E-state index < -0.39 is 0 Å². The fourth-order valence-corrected chi connectivity index (χ4v) is 1.39. The number of hydrogen-bond donors (Lipinski definition) is 0. The van der Waals surface area contributed by atoms with Crippen molar-refractivity contribution in [1.82, 2.24) is 0 Å². The number of allylic oxidation sites excluding steroid dienone is 2. The lowest BCUT2D eigenvalue weighted by Gasteiger charge is -2.04. The lowest BCUT2D eigenvalue weighted by molar-refractivity contribution is -0.138. The third-order valence-electron chi connectivity index (χ3n) is 2.18. The van der Waals surface area contributed by atoms with Crippen molar-refractivity contribution >= 4 is 12.0 Å². The summed E-state index contributed by atoms with van der Waals surface area (Å²) in [7, 11) is 0. The van der Waals surface area contributed by atoms with Gasteiger partial charge in [0.25, 0.3) is 0 Å². The van der Waals surface area contributed by atoms with Crippen LogP contribution in [0.3, 0.4) is 0 Å². The van der Waals surface area contributed by atoms with Gasteiger partial charge in [-0.15, -0.1) is 0 Å². The van der Waals surface area contributed by atoms with Crippen LogP contribution in [0.4, 0.5) is 0 Å². The second kappa shape index (κ2) is 5.12. The Bertz CT molecular complexity index is 429. The first-order valence-electron chi connectivity index (χ1n) is 5.13. The molecule has 1 aliphatic carbocycles. The van der Waals surface area contributed by atoms with Gasteiger partial charge in [0.1, 0.15) is 6.10 Å². The Balaban J connectivity index is 1.90. The van der Waals surface area contributed by atoms with Crippen molar-refractivity contribution in [2.24, 2.45) is 0 Å². The molecule has 0 amide bonds. The van der Waals surface area contributed by atoms with E-state index in [0.29, 0.717) is 0 Å². The Kier molecular flexibility index (Phi) is 3.34. The standard InChI is InChI=1S/C14H12O2/c15-14(16-13-8-4-5-9-13)11-10-12-6-2-1-3-7-12/h1-11,13H. The van der Waals surface area contributed by atoms with Gasteiger partial charge in [-0.25, -0.2) is 4.79 Å². The van der Waals surface area contributed by atoms with Gasteiger partial charge in [-0.2, -0.15) is 0 Å². The van der Waals surface area contributed by atoms with Gasteiger partial charge >= 0.3 is 5.97 Å². The maximum atomic E-state index is 11.4. The molecule has 0 atom stereocenters. The number of rotatable bonds is 3. The Labute approximate surface area is 94.6 Å². The summed E-state index contributed by atoms with van der Waals surface area (Å²) in [5.74, 6) is -0.329. The van der Waals surface area contributed by atoms with Crippen molar-refractivity contribution < 1.29 is 9.53 Å². The first-order chi connectivity index (χ1) is 7.84. The van der Waals surface area contributed by atoms with Gasteiger partial charge in [-0.05, 0) is 23.8 Å². The largest absolute Gasteiger partial charge is 0.451 e. The van der Waals surface area contributed by atoms with Crippen molar-refractivity contribution in [3.05, 3.63) is 66.3 Å². The van der Waals surface area contributed by atoms with Crippen molar-refractivity contribution in [2.45, 2.75) is 6.10 Å². The SMILES string of the molecule is O=C(C=Cc1ccccc1)OC1C=CC=C1. The number of carbonyl (C=O) groups excluding carboxylic acids is 1. The molecule has 0 aromatic heterocycles. The molecular weight excluding hydrogens is 200 g/mol. The van der Waals surface area contributed by atoms with Gasteiger partial charge in [0, 0.05) is 6.08 Å². The first kappa shape index (κ1) is 10.4. The van der Waals surface area contributed by atoms with E-state index in [2.05, 4.69) is 0 Å². The molecule has 0 saturated heterocycles. The Hall–Kier alpha value is -2.09. The van der Waals surface area contributed by atoms with Crippen LogP contribution >= 0.6 is 0 Å². The van der Waals surface area contributed by atoms with Crippen LogP contribution in [0.2, 0.25) is 0 Å². The van der Waals surface area contributed by atoms with Crippen LogP contribution in [-0.4, -0.2) is 12.1 Å². The maximum Gasteiger partial charge on any atom is 0.331 e. The number of esters is 1. The smallest absolute Gasteiger partial charge is 0.331 e. The molecular formula is C14H12O2. The molecule has 1 aliphatic rings. The maximum absolute atomic E-state index is 11.4. The van der Waals surface area contributed by atoms with Crippen LogP contribution in [0.1, 0.15) is 5.56 Å². The van der Waals surface area contributed by atoms with Crippen LogP contribution in [0, 0.1) is 0 Å².